The number of imide groups is 1. The van der Waals surface area contributed by atoms with Gasteiger partial charge in [0, 0.05) is 7.05 Å². The topological polar surface area (TPSA) is 132 Å². The van der Waals surface area contributed by atoms with E-state index in [1.54, 1.807) is 42.9 Å². The maximum Gasteiger partial charge on any atom is 0.327 e. The molecule has 1 aliphatic heterocycles. The Morgan fingerprint density at radius 3 is 2.43 bits per heavy atom. The minimum absolute atomic E-state index is 0.0672. The van der Waals surface area contributed by atoms with Crippen molar-refractivity contribution in [2.75, 3.05) is 11.9 Å². The van der Waals surface area contributed by atoms with Crippen LogP contribution >= 0.6 is 0 Å². The van der Waals surface area contributed by atoms with Crippen molar-refractivity contribution in [1.29, 1.82) is 0 Å². The van der Waals surface area contributed by atoms with Crippen LogP contribution in [0.4, 0.5) is 10.5 Å². The number of urea groups is 1. The normalized spacial score (nSPS) is 17.9. The Hall–Kier alpha value is -3.89. The minimum Gasteiger partial charge on any atom is -0.451 e. The molecule has 1 saturated carbocycles. The number of rotatable bonds is 6. The van der Waals surface area contributed by atoms with Crippen LogP contribution < -0.4 is 16.2 Å². The summed E-state index contributed by atoms with van der Waals surface area (Å²) in [4.78, 5) is 64.2. The number of aromatic nitrogens is 2. The van der Waals surface area contributed by atoms with Gasteiger partial charge >= 0.3 is 12.0 Å². The summed E-state index contributed by atoms with van der Waals surface area (Å²) in [6, 6.07) is 8.33. The summed E-state index contributed by atoms with van der Waals surface area (Å²) in [5.41, 5.74) is -0.157. The molecule has 1 aliphatic carbocycles. The number of esters is 1. The highest BCUT2D eigenvalue weighted by atomic mass is 16.5. The lowest BCUT2D eigenvalue weighted by Gasteiger charge is -2.30. The second kappa shape index (κ2) is 9.40. The van der Waals surface area contributed by atoms with Gasteiger partial charge in [-0.2, -0.15) is 0 Å². The van der Waals surface area contributed by atoms with E-state index in [1.807, 2.05) is 6.07 Å². The minimum atomic E-state index is -1.25. The van der Waals surface area contributed by atoms with Crippen molar-refractivity contribution in [1.82, 2.24) is 19.6 Å². The fourth-order valence-electron chi connectivity index (χ4n) is 4.67. The van der Waals surface area contributed by atoms with Crippen molar-refractivity contribution in [3.8, 4) is 5.69 Å². The van der Waals surface area contributed by atoms with E-state index in [0.29, 0.717) is 24.2 Å². The number of hydrogen-bond acceptors (Lipinski definition) is 6. The molecule has 35 heavy (non-hydrogen) atoms. The van der Waals surface area contributed by atoms with Gasteiger partial charge in [0.05, 0.1) is 11.4 Å². The average Bonchev–Trinajstić information content (AvgIpc) is 3.18. The lowest BCUT2D eigenvalue weighted by atomic mass is 9.82. The molecule has 0 radical (unpaired) electrons. The van der Waals surface area contributed by atoms with Crippen molar-refractivity contribution in [3.63, 3.8) is 0 Å². The number of carbonyl (C=O) groups is 4. The number of nitrogens with one attached hydrogen (secondary N) is 2. The first-order valence-corrected chi connectivity index (χ1v) is 11.6. The van der Waals surface area contributed by atoms with Crippen LogP contribution in [0.15, 0.2) is 35.1 Å². The first-order chi connectivity index (χ1) is 16.6. The maximum atomic E-state index is 13.0. The molecule has 4 rings (SSSR count). The second-order valence-electron chi connectivity index (χ2n) is 9.02. The van der Waals surface area contributed by atoms with Gasteiger partial charge in [-0.15, -0.1) is 0 Å². The van der Waals surface area contributed by atoms with Gasteiger partial charge in [0.2, 0.25) is 0 Å². The summed E-state index contributed by atoms with van der Waals surface area (Å²) >= 11 is 0. The maximum absolute atomic E-state index is 13.0. The third kappa shape index (κ3) is 4.45. The van der Waals surface area contributed by atoms with E-state index in [1.165, 1.54) is 11.6 Å². The molecule has 4 amide bonds. The van der Waals surface area contributed by atoms with Gasteiger partial charge in [-0.1, -0.05) is 37.5 Å². The van der Waals surface area contributed by atoms with E-state index in [9.17, 15) is 24.0 Å². The molecule has 1 spiro atoms. The van der Waals surface area contributed by atoms with Gasteiger partial charge < -0.3 is 15.4 Å². The highest BCUT2D eigenvalue weighted by Gasteiger charge is 2.51. The van der Waals surface area contributed by atoms with Gasteiger partial charge in [-0.05, 0) is 38.8 Å². The largest absolute Gasteiger partial charge is 0.451 e. The molecule has 1 aromatic heterocycles. The van der Waals surface area contributed by atoms with Crippen LogP contribution in [0.2, 0.25) is 0 Å². The molecule has 1 aromatic carbocycles. The Morgan fingerprint density at radius 2 is 1.77 bits per heavy atom. The van der Waals surface area contributed by atoms with Gasteiger partial charge in [0.1, 0.15) is 17.8 Å². The van der Waals surface area contributed by atoms with E-state index < -0.39 is 47.6 Å². The Labute approximate surface area is 202 Å². The number of carbonyl (C=O) groups excluding carboxylic acids is 4. The number of nitrogens with zero attached hydrogens (tertiary/aromatic N) is 3. The molecular formula is C24H29N5O6. The summed E-state index contributed by atoms with van der Waals surface area (Å²) < 4.78 is 8.21. The third-order valence-electron chi connectivity index (χ3n) is 6.72. The Bertz CT molecular complexity index is 1230. The smallest absolute Gasteiger partial charge is 0.327 e. The Kier molecular flexibility index (Phi) is 6.51. The van der Waals surface area contributed by atoms with Gasteiger partial charge in [-0.25, -0.2) is 9.48 Å². The number of ether oxygens (including phenoxy) is 1. The van der Waals surface area contributed by atoms with Crippen molar-refractivity contribution < 1.29 is 23.9 Å². The van der Waals surface area contributed by atoms with Crippen molar-refractivity contribution in [3.05, 3.63) is 46.4 Å². The molecule has 2 fully saturated rings. The number of hydrogen-bond donors (Lipinski definition) is 2. The highest BCUT2D eigenvalue weighted by molar-refractivity contribution is 6.08. The zero-order valence-electron chi connectivity index (χ0n) is 20.0. The van der Waals surface area contributed by atoms with Gasteiger partial charge in [0.15, 0.2) is 6.10 Å². The third-order valence-corrected chi connectivity index (χ3v) is 6.72. The zero-order valence-corrected chi connectivity index (χ0v) is 20.0. The standard InChI is InChI=1S/C24H29N5O6/c1-15-19(21(32)29(27(15)3)17-10-6-4-7-11-17)25-20(31)16(2)35-18(30)14-28-22(33)24(26-23(28)34)12-8-5-9-13-24/h4,6-7,10-11,16H,5,8-9,12-14H2,1-3H3,(H,25,31)(H,26,34). The van der Waals surface area contributed by atoms with E-state index >= 15 is 0 Å². The van der Waals surface area contributed by atoms with Crippen molar-refractivity contribution in [2.24, 2.45) is 7.05 Å². The number of benzene rings is 1. The fraction of sp³-hybridized carbons (Fsp3) is 0.458. The summed E-state index contributed by atoms with van der Waals surface area (Å²) in [6.07, 6.45) is 2.48. The lowest BCUT2D eigenvalue weighted by molar-refractivity contribution is -0.155. The molecule has 2 N–H and O–H groups in total. The monoisotopic (exact) mass is 483 g/mol. The van der Waals surface area contributed by atoms with Crippen molar-refractivity contribution in [2.45, 2.75) is 57.6 Å². The number of para-hydroxylation sites is 1. The summed E-state index contributed by atoms with van der Waals surface area (Å²) in [5.74, 6) is -2.03. The van der Waals surface area contributed by atoms with Crippen LogP contribution in [0, 0.1) is 6.92 Å². The molecule has 1 saturated heterocycles. The summed E-state index contributed by atoms with van der Waals surface area (Å²) in [5, 5.41) is 5.27. The SMILES string of the molecule is Cc1c(NC(=O)C(C)OC(=O)CN2C(=O)NC3(CCCCC3)C2=O)c(=O)n(-c2ccccc2)n1C. The molecule has 2 aromatic rings. The fourth-order valence-corrected chi connectivity index (χ4v) is 4.67. The molecule has 1 atom stereocenters. The molecule has 2 aliphatic rings. The molecule has 11 heteroatoms. The predicted molar refractivity (Wildman–Crippen MR) is 126 cm³/mol. The zero-order chi connectivity index (χ0) is 25.3. The van der Waals surface area contributed by atoms with E-state index in [0.717, 1.165) is 24.2 Å². The summed E-state index contributed by atoms with van der Waals surface area (Å²) in [7, 11) is 1.69. The molecule has 2 heterocycles. The van der Waals surface area contributed by atoms with Crippen LogP contribution in [0.25, 0.3) is 5.69 Å². The molecule has 0 bridgehead atoms. The first-order valence-electron chi connectivity index (χ1n) is 11.6. The first kappa shape index (κ1) is 24.2. The Balaban J connectivity index is 1.40. The van der Waals surface area contributed by atoms with E-state index in [4.69, 9.17) is 4.74 Å². The van der Waals surface area contributed by atoms with Gasteiger partial charge in [-0.3, -0.25) is 28.8 Å². The van der Waals surface area contributed by atoms with E-state index in [2.05, 4.69) is 10.6 Å². The van der Waals surface area contributed by atoms with Crippen LogP contribution in [-0.2, 0) is 26.2 Å². The van der Waals surface area contributed by atoms with Crippen molar-refractivity contribution >= 4 is 29.5 Å². The molecule has 11 nitrogen and oxygen atoms in total. The van der Waals surface area contributed by atoms with Crippen LogP contribution in [-0.4, -0.2) is 56.3 Å². The predicted octanol–water partition coefficient (Wildman–Crippen LogP) is 1.61. The molecular weight excluding hydrogens is 454 g/mol. The Morgan fingerprint density at radius 1 is 1.11 bits per heavy atom. The van der Waals surface area contributed by atoms with Gasteiger partial charge in [0.25, 0.3) is 17.4 Å². The highest BCUT2D eigenvalue weighted by Crippen LogP contribution is 2.33. The average molecular weight is 484 g/mol. The summed E-state index contributed by atoms with van der Waals surface area (Å²) in [6.45, 7) is 2.46. The second-order valence-corrected chi connectivity index (χ2v) is 9.02. The molecule has 186 valence electrons. The quantitative estimate of drug-likeness (QED) is 0.474. The number of amides is 4. The van der Waals surface area contributed by atoms with Crippen LogP contribution in [0.3, 0.4) is 0 Å². The molecule has 1 unspecified atom stereocenters. The van der Waals surface area contributed by atoms with Crippen LogP contribution in [0.1, 0.15) is 44.7 Å². The number of anilines is 1. The lowest BCUT2D eigenvalue weighted by Crippen LogP contribution is -2.48. The van der Waals surface area contributed by atoms with Crippen LogP contribution in [0.5, 0.6) is 0 Å². The van der Waals surface area contributed by atoms with E-state index in [-0.39, 0.29) is 5.69 Å².